The van der Waals surface area contributed by atoms with Crippen LogP contribution in [0.3, 0.4) is 0 Å². The molecule has 9 nitrogen and oxygen atoms in total. The highest BCUT2D eigenvalue weighted by molar-refractivity contribution is 8.00. The van der Waals surface area contributed by atoms with Gasteiger partial charge in [0, 0.05) is 40.0 Å². The monoisotopic (exact) mass is 389 g/mol. The molecule has 1 aliphatic rings. The lowest BCUT2D eigenvalue weighted by atomic mass is 10.3. The van der Waals surface area contributed by atoms with E-state index in [2.05, 4.69) is 5.32 Å². The summed E-state index contributed by atoms with van der Waals surface area (Å²) < 4.78 is 10.4. The summed E-state index contributed by atoms with van der Waals surface area (Å²) in [5.41, 5.74) is 0. The van der Waals surface area contributed by atoms with E-state index < -0.39 is 0 Å². The van der Waals surface area contributed by atoms with E-state index in [4.69, 9.17) is 9.47 Å². The number of hydrogen-bond donors (Lipinski definition) is 1. The van der Waals surface area contributed by atoms with Crippen molar-refractivity contribution in [2.24, 2.45) is 0 Å². The summed E-state index contributed by atoms with van der Waals surface area (Å²) >= 11 is 1.35. The molecule has 0 aliphatic carbocycles. The Bertz CT molecular complexity index is 514. The number of ether oxygens (including phenoxy) is 2. The molecule has 0 saturated carbocycles. The Hall–Kier alpha value is -1.65. The summed E-state index contributed by atoms with van der Waals surface area (Å²) in [6.07, 6.45) is 2.07. The molecule has 0 aromatic rings. The fraction of sp³-hybridized carbons (Fsp3) is 0.750. The highest BCUT2D eigenvalue weighted by Crippen LogP contribution is 2.22. The van der Waals surface area contributed by atoms with Crippen molar-refractivity contribution >= 4 is 35.4 Å². The average Bonchev–Trinajstić information content (AvgIpc) is 2.88. The lowest BCUT2D eigenvalue weighted by Gasteiger charge is -2.14. The number of imide groups is 1. The topological polar surface area (TPSA) is 105 Å². The molecule has 1 rings (SSSR count). The molecule has 148 valence electrons. The molecule has 1 atom stereocenters. The maximum Gasteiger partial charge on any atom is 0.248 e. The molecule has 0 bridgehead atoms. The number of nitrogens with zero attached hydrogens (tertiary/aromatic N) is 2. The van der Waals surface area contributed by atoms with Crippen LogP contribution >= 0.6 is 11.8 Å². The Morgan fingerprint density at radius 3 is 2.54 bits per heavy atom. The summed E-state index contributed by atoms with van der Waals surface area (Å²) in [6, 6.07) is 0. The van der Waals surface area contributed by atoms with Crippen LogP contribution in [0.15, 0.2) is 0 Å². The second kappa shape index (κ2) is 11.9. The third kappa shape index (κ3) is 7.71. The van der Waals surface area contributed by atoms with Crippen molar-refractivity contribution in [3.8, 4) is 0 Å². The van der Waals surface area contributed by atoms with E-state index >= 15 is 0 Å². The minimum atomic E-state index is -0.325. The third-order valence-corrected chi connectivity index (χ3v) is 4.65. The summed E-state index contributed by atoms with van der Waals surface area (Å²) in [6.45, 7) is 1.37. The van der Waals surface area contributed by atoms with Gasteiger partial charge in [0.25, 0.3) is 0 Å². The Morgan fingerprint density at radius 2 is 1.92 bits per heavy atom. The molecular formula is C16H27N3O6S. The van der Waals surface area contributed by atoms with Crippen LogP contribution in [0.25, 0.3) is 0 Å². The first-order chi connectivity index (χ1) is 12.4. The number of likely N-dealkylation sites (N-methyl/N-ethyl adjacent to an activating group) is 1. The number of nitrogens with one attached hydrogen (secondary N) is 1. The van der Waals surface area contributed by atoms with Gasteiger partial charge in [0.1, 0.15) is 6.61 Å². The molecule has 1 heterocycles. The van der Waals surface area contributed by atoms with Crippen molar-refractivity contribution in [1.82, 2.24) is 15.1 Å². The zero-order valence-corrected chi connectivity index (χ0v) is 16.3. The number of hydrogen-bond acceptors (Lipinski definition) is 7. The Kier molecular flexibility index (Phi) is 10.2. The van der Waals surface area contributed by atoms with Gasteiger partial charge in [0.15, 0.2) is 0 Å². The van der Waals surface area contributed by atoms with Crippen LogP contribution < -0.4 is 5.32 Å². The van der Waals surface area contributed by atoms with E-state index in [9.17, 15) is 19.2 Å². The SMILES string of the molecule is CSC1CC(=O)N(CCC(=O)NCCOCCOCC(=O)N(C)C)C1=O. The first-order valence-electron chi connectivity index (χ1n) is 8.36. The fourth-order valence-corrected chi connectivity index (χ4v) is 2.78. The first-order valence-corrected chi connectivity index (χ1v) is 9.65. The molecule has 10 heteroatoms. The molecule has 0 aromatic carbocycles. The molecule has 0 radical (unpaired) electrons. The van der Waals surface area contributed by atoms with Gasteiger partial charge in [-0.05, 0) is 6.26 Å². The maximum atomic E-state index is 11.9. The van der Waals surface area contributed by atoms with Crippen LogP contribution in [0.2, 0.25) is 0 Å². The predicted molar refractivity (Wildman–Crippen MR) is 96.6 cm³/mol. The van der Waals surface area contributed by atoms with Crippen molar-refractivity contribution in [2.75, 3.05) is 59.9 Å². The van der Waals surface area contributed by atoms with Gasteiger partial charge in [-0.1, -0.05) is 0 Å². The number of carbonyl (C=O) groups excluding carboxylic acids is 4. The van der Waals surface area contributed by atoms with Crippen molar-refractivity contribution in [3.05, 3.63) is 0 Å². The van der Waals surface area contributed by atoms with E-state index in [1.165, 1.54) is 16.7 Å². The van der Waals surface area contributed by atoms with Crippen LogP contribution in [0.4, 0.5) is 0 Å². The molecule has 1 aliphatic heterocycles. The summed E-state index contributed by atoms with van der Waals surface area (Å²) in [5.74, 6) is -0.796. The number of carbonyl (C=O) groups is 4. The van der Waals surface area contributed by atoms with E-state index in [1.807, 2.05) is 0 Å². The molecule has 0 spiro atoms. The smallest absolute Gasteiger partial charge is 0.248 e. The van der Waals surface area contributed by atoms with Crippen LogP contribution in [0.1, 0.15) is 12.8 Å². The normalized spacial score (nSPS) is 16.9. The van der Waals surface area contributed by atoms with Gasteiger partial charge in [-0.15, -0.1) is 0 Å². The zero-order valence-electron chi connectivity index (χ0n) is 15.5. The molecule has 1 fully saturated rings. The van der Waals surface area contributed by atoms with Crippen LogP contribution in [-0.2, 0) is 28.7 Å². The van der Waals surface area contributed by atoms with Gasteiger partial charge >= 0.3 is 0 Å². The zero-order chi connectivity index (χ0) is 19.5. The Morgan fingerprint density at radius 1 is 1.23 bits per heavy atom. The largest absolute Gasteiger partial charge is 0.377 e. The number of amides is 4. The summed E-state index contributed by atoms with van der Waals surface area (Å²) in [7, 11) is 3.31. The summed E-state index contributed by atoms with van der Waals surface area (Å²) in [5, 5.41) is 2.34. The van der Waals surface area contributed by atoms with Gasteiger partial charge in [-0.25, -0.2) is 0 Å². The summed E-state index contributed by atoms with van der Waals surface area (Å²) in [4.78, 5) is 49.3. The second-order valence-corrected chi connectivity index (χ2v) is 6.91. The van der Waals surface area contributed by atoms with Gasteiger partial charge in [-0.2, -0.15) is 11.8 Å². The number of likely N-dealkylation sites (tertiary alicyclic amines) is 1. The van der Waals surface area contributed by atoms with E-state index in [1.54, 1.807) is 20.4 Å². The quantitative estimate of drug-likeness (QED) is 0.341. The van der Waals surface area contributed by atoms with E-state index in [-0.39, 0.29) is 54.9 Å². The second-order valence-electron chi connectivity index (χ2n) is 5.87. The Balaban J connectivity index is 2.03. The van der Waals surface area contributed by atoms with E-state index in [0.717, 1.165) is 4.90 Å². The molecular weight excluding hydrogens is 362 g/mol. The van der Waals surface area contributed by atoms with Crippen LogP contribution in [0.5, 0.6) is 0 Å². The Labute approximate surface area is 157 Å². The molecule has 1 unspecified atom stereocenters. The highest BCUT2D eigenvalue weighted by Gasteiger charge is 2.37. The third-order valence-electron chi connectivity index (χ3n) is 3.71. The number of thioether (sulfide) groups is 1. The van der Waals surface area contributed by atoms with Crippen molar-refractivity contribution in [1.29, 1.82) is 0 Å². The lowest BCUT2D eigenvalue weighted by Crippen LogP contribution is -2.36. The fourth-order valence-electron chi connectivity index (χ4n) is 2.14. The maximum absolute atomic E-state index is 11.9. The lowest BCUT2D eigenvalue weighted by molar-refractivity contribution is -0.138. The molecule has 1 saturated heterocycles. The average molecular weight is 389 g/mol. The van der Waals surface area contributed by atoms with E-state index in [0.29, 0.717) is 26.4 Å². The highest BCUT2D eigenvalue weighted by atomic mass is 32.2. The predicted octanol–water partition coefficient (Wildman–Crippen LogP) is -0.895. The van der Waals surface area contributed by atoms with Gasteiger partial charge in [0.2, 0.25) is 23.6 Å². The van der Waals surface area contributed by atoms with Gasteiger partial charge < -0.3 is 19.7 Å². The van der Waals surface area contributed by atoms with Crippen molar-refractivity contribution in [2.45, 2.75) is 18.1 Å². The molecule has 26 heavy (non-hydrogen) atoms. The minimum Gasteiger partial charge on any atom is -0.377 e. The van der Waals surface area contributed by atoms with Crippen LogP contribution in [0, 0.1) is 0 Å². The molecule has 1 N–H and O–H groups in total. The van der Waals surface area contributed by atoms with Gasteiger partial charge in [0.05, 0.1) is 25.1 Å². The number of rotatable bonds is 12. The van der Waals surface area contributed by atoms with Crippen molar-refractivity contribution < 1.29 is 28.7 Å². The standard InChI is InChI=1S/C16H27N3O6S/c1-18(2)15(22)11-25-9-8-24-7-5-17-13(20)4-6-19-14(21)10-12(26-3)16(19)23/h12H,4-11H2,1-3H3,(H,17,20). The molecule has 4 amide bonds. The van der Waals surface area contributed by atoms with Crippen LogP contribution in [-0.4, -0.2) is 98.5 Å². The first kappa shape index (κ1) is 22.4. The minimum absolute atomic E-state index is 0.0123. The molecule has 0 aromatic heterocycles. The van der Waals surface area contributed by atoms with Gasteiger partial charge in [-0.3, -0.25) is 24.1 Å². The van der Waals surface area contributed by atoms with Crippen molar-refractivity contribution in [3.63, 3.8) is 0 Å².